The minimum absolute atomic E-state index is 0.245. The predicted molar refractivity (Wildman–Crippen MR) is 68.4 cm³/mol. The van der Waals surface area contributed by atoms with Crippen LogP contribution < -0.4 is 9.64 Å². The summed E-state index contributed by atoms with van der Waals surface area (Å²) in [6.07, 6.45) is 2.87. The van der Waals surface area contributed by atoms with Gasteiger partial charge in [-0.2, -0.15) is 0 Å². The Labute approximate surface area is 98.2 Å². The number of hydrogen-bond acceptors (Lipinski definition) is 2. The summed E-state index contributed by atoms with van der Waals surface area (Å²) in [4.78, 5) is 2.46. The lowest BCUT2D eigenvalue weighted by Gasteiger charge is -2.21. The summed E-state index contributed by atoms with van der Waals surface area (Å²) in [6.45, 7) is 8.68. The quantitative estimate of drug-likeness (QED) is 0.772. The van der Waals surface area contributed by atoms with Crippen molar-refractivity contribution >= 4 is 5.69 Å². The van der Waals surface area contributed by atoms with Crippen molar-refractivity contribution in [1.29, 1.82) is 0 Å². The number of nitrogens with zero attached hydrogens (tertiary/aromatic N) is 1. The van der Waals surface area contributed by atoms with E-state index in [0.29, 0.717) is 0 Å². The maximum atomic E-state index is 5.74. The maximum Gasteiger partial charge on any atom is 0.121 e. The Balaban J connectivity index is 2.21. The fourth-order valence-corrected chi connectivity index (χ4v) is 2.23. The molecule has 0 spiro atoms. The molecule has 2 rings (SSSR count). The van der Waals surface area contributed by atoms with E-state index >= 15 is 0 Å². The van der Waals surface area contributed by atoms with Crippen molar-refractivity contribution in [3.8, 4) is 5.75 Å². The van der Waals surface area contributed by atoms with Crippen molar-refractivity contribution in [2.24, 2.45) is 0 Å². The first-order valence-corrected chi connectivity index (χ1v) is 6.19. The van der Waals surface area contributed by atoms with E-state index in [9.17, 15) is 0 Å². The van der Waals surface area contributed by atoms with Crippen LogP contribution in [-0.2, 0) is 0 Å². The highest BCUT2D eigenvalue weighted by atomic mass is 16.5. The highest BCUT2D eigenvalue weighted by Gasteiger charge is 2.15. The third-order valence-corrected chi connectivity index (χ3v) is 3.00. The number of ether oxygens (including phenoxy) is 1. The maximum absolute atomic E-state index is 5.74. The molecule has 2 nitrogen and oxygen atoms in total. The van der Waals surface area contributed by atoms with Crippen LogP contribution in [0.3, 0.4) is 0 Å². The summed E-state index contributed by atoms with van der Waals surface area (Å²) in [5, 5.41) is 0. The molecule has 1 fully saturated rings. The van der Waals surface area contributed by atoms with Crippen LogP contribution in [0.4, 0.5) is 5.69 Å². The lowest BCUT2D eigenvalue weighted by Crippen LogP contribution is -2.18. The minimum atomic E-state index is 0.245. The molecule has 1 aromatic rings. The highest BCUT2D eigenvalue weighted by Crippen LogP contribution is 2.28. The first-order chi connectivity index (χ1) is 7.66. The van der Waals surface area contributed by atoms with Gasteiger partial charge in [-0.3, -0.25) is 0 Å². The van der Waals surface area contributed by atoms with E-state index in [4.69, 9.17) is 4.74 Å². The van der Waals surface area contributed by atoms with Gasteiger partial charge in [-0.15, -0.1) is 0 Å². The van der Waals surface area contributed by atoms with Crippen molar-refractivity contribution in [3.05, 3.63) is 23.8 Å². The average Bonchev–Trinajstić information content (AvgIpc) is 2.73. The number of hydrogen-bond donors (Lipinski definition) is 0. The van der Waals surface area contributed by atoms with Crippen LogP contribution in [0.1, 0.15) is 32.3 Å². The van der Waals surface area contributed by atoms with Gasteiger partial charge in [0.05, 0.1) is 6.10 Å². The number of rotatable bonds is 3. The van der Waals surface area contributed by atoms with E-state index in [1.54, 1.807) is 0 Å². The van der Waals surface area contributed by atoms with Crippen molar-refractivity contribution in [2.45, 2.75) is 39.7 Å². The van der Waals surface area contributed by atoms with Crippen LogP contribution in [0.25, 0.3) is 0 Å². The number of benzene rings is 1. The molecule has 0 unspecified atom stereocenters. The van der Waals surface area contributed by atoms with Crippen molar-refractivity contribution in [3.63, 3.8) is 0 Å². The fraction of sp³-hybridized carbons (Fsp3) is 0.571. The average molecular weight is 219 g/mol. The molecule has 0 saturated carbocycles. The molecule has 1 aliphatic rings. The van der Waals surface area contributed by atoms with Crippen LogP contribution in [0, 0.1) is 6.92 Å². The summed E-state index contributed by atoms with van der Waals surface area (Å²) >= 11 is 0. The molecule has 0 amide bonds. The molecule has 0 aliphatic carbocycles. The van der Waals surface area contributed by atoms with E-state index in [1.807, 2.05) is 0 Å². The van der Waals surface area contributed by atoms with Crippen LogP contribution in [0.15, 0.2) is 18.2 Å². The van der Waals surface area contributed by atoms with Gasteiger partial charge in [0.25, 0.3) is 0 Å². The van der Waals surface area contributed by atoms with Gasteiger partial charge in [0, 0.05) is 24.8 Å². The second-order valence-electron chi connectivity index (χ2n) is 4.81. The van der Waals surface area contributed by atoms with Gasteiger partial charge in [-0.05, 0) is 45.2 Å². The van der Waals surface area contributed by atoms with Crippen molar-refractivity contribution < 1.29 is 4.74 Å². The molecule has 16 heavy (non-hydrogen) atoms. The Morgan fingerprint density at radius 1 is 1.19 bits per heavy atom. The van der Waals surface area contributed by atoms with Gasteiger partial charge in [-0.25, -0.2) is 0 Å². The van der Waals surface area contributed by atoms with Gasteiger partial charge in [0.2, 0.25) is 0 Å². The predicted octanol–water partition coefficient (Wildman–Crippen LogP) is 3.38. The van der Waals surface area contributed by atoms with Gasteiger partial charge in [0.1, 0.15) is 5.75 Å². The first kappa shape index (κ1) is 11.3. The van der Waals surface area contributed by atoms with Gasteiger partial charge in [0.15, 0.2) is 0 Å². The van der Waals surface area contributed by atoms with Crippen molar-refractivity contribution in [1.82, 2.24) is 0 Å². The summed E-state index contributed by atoms with van der Waals surface area (Å²) < 4.78 is 5.74. The Hall–Kier alpha value is -1.18. The van der Waals surface area contributed by atoms with Crippen molar-refractivity contribution in [2.75, 3.05) is 18.0 Å². The molecule has 0 bridgehead atoms. The zero-order valence-corrected chi connectivity index (χ0v) is 10.5. The molecule has 1 aromatic carbocycles. The fourth-order valence-electron chi connectivity index (χ4n) is 2.23. The van der Waals surface area contributed by atoms with Gasteiger partial charge in [-0.1, -0.05) is 6.07 Å². The highest BCUT2D eigenvalue weighted by molar-refractivity contribution is 5.57. The lowest BCUT2D eigenvalue weighted by atomic mass is 10.1. The molecule has 0 atom stereocenters. The van der Waals surface area contributed by atoms with Crippen LogP contribution in [0.2, 0.25) is 0 Å². The lowest BCUT2D eigenvalue weighted by molar-refractivity contribution is 0.242. The zero-order chi connectivity index (χ0) is 11.5. The summed E-state index contributed by atoms with van der Waals surface area (Å²) in [5.74, 6) is 0.988. The van der Waals surface area contributed by atoms with Gasteiger partial charge < -0.3 is 9.64 Å². The van der Waals surface area contributed by atoms with Crippen LogP contribution in [0.5, 0.6) is 5.75 Å². The monoisotopic (exact) mass is 219 g/mol. The molecule has 1 aliphatic heterocycles. The van der Waals surface area contributed by atoms with E-state index in [2.05, 4.69) is 43.9 Å². The Bertz CT molecular complexity index is 354. The molecular weight excluding hydrogens is 198 g/mol. The third-order valence-electron chi connectivity index (χ3n) is 3.00. The molecule has 0 aromatic heterocycles. The summed E-state index contributed by atoms with van der Waals surface area (Å²) in [6, 6.07) is 6.40. The van der Waals surface area contributed by atoms with E-state index in [-0.39, 0.29) is 6.10 Å². The molecule has 1 heterocycles. The zero-order valence-electron chi connectivity index (χ0n) is 10.5. The van der Waals surface area contributed by atoms with Gasteiger partial charge >= 0.3 is 0 Å². The molecule has 0 N–H and O–H groups in total. The molecule has 88 valence electrons. The van der Waals surface area contributed by atoms with Crippen LogP contribution in [-0.4, -0.2) is 19.2 Å². The summed E-state index contributed by atoms with van der Waals surface area (Å²) in [5.41, 5.74) is 2.69. The topological polar surface area (TPSA) is 12.5 Å². The largest absolute Gasteiger partial charge is 0.491 e. The second-order valence-corrected chi connectivity index (χ2v) is 4.81. The van der Waals surface area contributed by atoms with Crippen LogP contribution >= 0.6 is 0 Å². The minimum Gasteiger partial charge on any atom is -0.491 e. The first-order valence-electron chi connectivity index (χ1n) is 6.19. The third kappa shape index (κ3) is 2.49. The molecular formula is C14H21NO. The van der Waals surface area contributed by atoms with E-state index in [1.165, 1.54) is 37.2 Å². The standard InChI is InChI=1S/C14H21NO/c1-11(2)16-13-7-6-12(3)14(10-13)15-8-4-5-9-15/h6-7,10-11H,4-5,8-9H2,1-3H3. The van der Waals surface area contributed by atoms with E-state index < -0.39 is 0 Å². The smallest absolute Gasteiger partial charge is 0.121 e. The Morgan fingerprint density at radius 3 is 2.50 bits per heavy atom. The summed E-state index contributed by atoms with van der Waals surface area (Å²) in [7, 11) is 0. The Morgan fingerprint density at radius 2 is 1.88 bits per heavy atom. The molecule has 2 heteroatoms. The second kappa shape index (κ2) is 4.77. The van der Waals surface area contributed by atoms with E-state index in [0.717, 1.165) is 5.75 Å². The number of aryl methyl sites for hydroxylation is 1. The normalized spacial score (nSPS) is 15.9. The molecule has 0 radical (unpaired) electrons. The molecule has 1 saturated heterocycles. The number of anilines is 1. The SMILES string of the molecule is Cc1ccc(OC(C)C)cc1N1CCCC1. The Kier molecular flexibility index (Phi) is 3.37.